The second-order valence-corrected chi connectivity index (χ2v) is 15.6. The smallest absolute Gasteiger partial charge is 0.143 e. The molecule has 0 saturated carbocycles. The molecule has 0 N–H and O–H groups in total. The van der Waals surface area contributed by atoms with Crippen LogP contribution in [0.15, 0.2) is 170 Å². The molecule has 0 aromatic heterocycles. The van der Waals surface area contributed by atoms with Crippen molar-refractivity contribution >= 4 is 43.6 Å². The fraction of sp³-hybridized carbons (Fsp3) is 0.115. The molecule has 0 spiro atoms. The monoisotopic (exact) mass is 693 g/mol. The van der Waals surface area contributed by atoms with Crippen molar-refractivity contribution in [2.75, 3.05) is 11.9 Å². The molecule has 0 amide bonds. The maximum atomic E-state index is 6.56. The summed E-state index contributed by atoms with van der Waals surface area (Å²) in [5.74, 6) is 0.945. The molecule has 1 unspecified atom stereocenters. The van der Waals surface area contributed by atoms with E-state index in [4.69, 9.17) is 4.74 Å². The molecule has 3 aliphatic rings. The van der Waals surface area contributed by atoms with Crippen LogP contribution in [-0.4, -0.2) is 13.2 Å². The Morgan fingerprint density at radius 1 is 0.556 bits per heavy atom. The van der Waals surface area contributed by atoms with Crippen LogP contribution < -0.4 is 9.64 Å². The third-order valence-electron chi connectivity index (χ3n) is 12.4. The van der Waals surface area contributed by atoms with Crippen molar-refractivity contribution in [2.45, 2.75) is 31.8 Å². The van der Waals surface area contributed by atoms with E-state index in [0.717, 1.165) is 17.9 Å². The lowest BCUT2D eigenvalue weighted by molar-refractivity contribution is 0.227. The number of benzene rings is 8. The van der Waals surface area contributed by atoms with Gasteiger partial charge in [0.25, 0.3) is 0 Å². The Morgan fingerprint density at radius 3 is 2.11 bits per heavy atom. The Bertz CT molecular complexity index is 2940. The summed E-state index contributed by atoms with van der Waals surface area (Å²) in [6.45, 7) is 4.72. The lowest BCUT2D eigenvalue weighted by atomic mass is 9.80. The van der Waals surface area contributed by atoms with E-state index in [1.165, 1.54) is 93.7 Å². The van der Waals surface area contributed by atoms with Crippen LogP contribution in [-0.2, 0) is 5.41 Å². The number of para-hydroxylation sites is 2. The van der Waals surface area contributed by atoms with E-state index in [9.17, 15) is 0 Å². The zero-order valence-electron chi connectivity index (χ0n) is 30.7. The first-order chi connectivity index (χ1) is 26.5. The van der Waals surface area contributed by atoms with Crippen LogP contribution >= 0.6 is 0 Å². The highest BCUT2D eigenvalue weighted by Crippen LogP contribution is 2.52. The Morgan fingerprint density at radius 2 is 1.22 bits per heavy atom. The number of rotatable bonds is 3. The van der Waals surface area contributed by atoms with Crippen molar-refractivity contribution in [1.82, 2.24) is 0 Å². The molecular formula is C52H39NO. The first-order valence-electron chi connectivity index (χ1n) is 19.1. The molecular weight excluding hydrogens is 655 g/mol. The highest BCUT2D eigenvalue weighted by Gasteiger charge is 2.36. The fourth-order valence-corrected chi connectivity index (χ4v) is 9.71. The van der Waals surface area contributed by atoms with Gasteiger partial charge in [0, 0.05) is 18.9 Å². The number of hydrogen-bond donors (Lipinski definition) is 0. The molecule has 8 aromatic rings. The van der Waals surface area contributed by atoms with Crippen molar-refractivity contribution < 1.29 is 4.74 Å². The number of ether oxygens (including phenoxy) is 1. The first kappa shape index (κ1) is 31.2. The Hall–Kier alpha value is -6.38. The summed E-state index contributed by atoms with van der Waals surface area (Å²) in [7, 11) is 2.17. The molecule has 0 fully saturated rings. The highest BCUT2D eigenvalue weighted by atomic mass is 16.5. The van der Waals surface area contributed by atoms with E-state index >= 15 is 0 Å². The van der Waals surface area contributed by atoms with Gasteiger partial charge in [0.05, 0.1) is 11.4 Å². The van der Waals surface area contributed by atoms with E-state index in [0.29, 0.717) is 0 Å². The topological polar surface area (TPSA) is 12.5 Å². The van der Waals surface area contributed by atoms with Crippen LogP contribution in [0.25, 0.3) is 71.3 Å². The van der Waals surface area contributed by atoms with Gasteiger partial charge in [-0.25, -0.2) is 0 Å². The summed E-state index contributed by atoms with van der Waals surface area (Å²) in [6.07, 6.45) is 5.56. The molecule has 0 bridgehead atoms. The van der Waals surface area contributed by atoms with Gasteiger partial charge >= 0.3 is 0 Å². The maximum absolute atomic E-state index is 6.56. The average molecular weight is 694 g/mol. The molecule has 2 heteroatoms. The third kappa shape index (κ3) is 4.47. The van der Waals surface area contributed by atoms with Crippen LogP contribution in [0.5, 0.6) is 5.75 Å². The number of nitrogens with zero attached hydrogens (tertiary/aromatic N) is 1. The summed E-state index contributed by atoms with van der Waals surface area (Å²) >= 11 is 0. The molecule has 2 aliphatic carbocycles. The summed E-state index contributed by atoms with van der Waals surface area (Å²) < 4.78 is 6.56. The molecule has 0 saturated heterocycles. The number of hydrogen-bond acceptors (Lipinski definition) is 2. The number of likely N-dealkylation sites (N-methyl/N-ethyl adjacent to an activating group) is 1. The van der Waals surface area contributed by atoms with Gasteiger partial charge in [0.2, 0.25) is 0 Å². The third-order valence-corrected chi connectivity index (χ3v) is 12.4. The molecule has 11 rings (SSSR count). The summed E-state index contributed by atoms with van der Waals surface area (Å²) in [5.41, 5.74) is 15.2. The van der Waals surface area contributed by atoms with Gasteiger partial charge in [-0.1, -0.05) is 147 Å². The largest absolute Gasteiger partial charge is 0.482 e. The Labute approximate surface area is 316 Å². The molecule has 54 heavy (non-hydrogen) atoms. The van der Waals surface area contributed by atoms with Crippen LogP contribution in [0.2, 0.25) is 0 Å². The summed E-state index contributed by atoms with van der Waals surface area (Å²) in [4.78, 5) is 2.32. The van der Waals surface area contributed by atoms with Crippen molar-refractivity contribution in [1.29, 1.82) is 0 Å². The fourth-order valence-electron chi connectivity index (χ4n) is 9.71. The molecule has 2 nitrogen and oxygen atoms in total. The summed E-state index contributed by atoms with van der Waals surface area (Å²) in [6, 6.07) is 56.1. The predicted octanol–water partition coefficient (Wildman–Crippen LogP) is 13.4. The molecule has 1 aliphatic heterocycles. The van der Waals surface area contributed by atoms with E-state index in [1.54, 1.807) is 0 Å². The van der Waals surface area contributed by atoms with Gasteiger partial charge in [-0.15, -0.1) is 0 Å². The zero-order valence-corrected chi connectivity index (χ0v) is 30.7. The number of fused-ring (bicyclic) bond motifs is 8. The molecule has 1 atom stereocenters. The van der Waals surface area contributed by atoms with Crippen LogP contribution in [0, 0.1) is 0 Å². The van der Waals surface area contributed by atoms with E-state index in [1.807, 2.05) is 0 Å². The lowest BCUT2D eigenvalue weighted by Crippen LogP contribution is -2.36. The second-order valence-electron chi connectivity index (χ2n) is 15.6. The summed E-state index contributed by atoms with van der Waals surface area (Å²) in [5, 5.41) is 7.57. The molecule has 1 heterocycles. The van der Waals surface area contributed by atoms with Crippen LogP contribution in [0.3, 0.4) is 0 Å². The first-order valence-corrected chi connectivity index (χ1v) is 19.1. The molecule has 8 aromatic carbocycles. The average Bonchev–Trinajstić information content (AvgIpc) is 3.45. The van der Waals surface area contributed by atoms with Gasteiger partial charge in [-0.3, -0.25) is 0 Å². The van der Waals surface area contributed by atoms with Crippen molar-refractivity contribution in [2.24, 2.45) is 0 Å². The number of anilines is 1. The highest BCUT2D eigenvalue weighted by molar-refractivity contribution is 6.20. The van der Waals surface area contributed by atoms with E-state index < -0.39 is 0 Å². The minimum Gasteiger partial charge on any atom is -0.482 e. The number of allylic oxidation sites excluding steroid dienone is 2. The maximum Gasteiger partial charge on any atom is 0.143 e. The Balaban J connectivity index is 1.19. The Kier molecular flexibility index (Phi) is 6.67. The molecule has 0 radical (unpaired) electrons. The van der Waals surface area contributed by atoms with Crippen LogP contribution in [0.1, 0.15) is 37.0 Å². The van der Waals surface area contributed by atoms with Gasteiger partial charge in [-0.05, 0) is 118 Å². The zero-order chi connectivity index (χ0) is 36.1. The van der Waals surface area contributed by atoms with E-state index in [2.05, 4.69) is 190 Å². The predicted molar refractivity (Wildman–Crippen MR) is 227 cm³/mol. The van der Waals surface area contributed by atoms with Crippen molar-refractivity contribution in [3.63, 3.8) is 0 Å². The van der Waals surface area contributed by atoms with Gasteiger partial charge in [-0.2, -0.15) is 0 Å². The van der Waals surface area contributed by atoms with Crippen LogP contribution in [0.4, 0.5) is 5.69 Å². The van der Waals surface area contributed by atoms with Crippen molar-refractivity contribution in [3.05, 3.63) is 186 Å². The van der Waals surface area contributed by atoms with Gasteiger partial charge in [0.15, 0.2) is 0 Å². The lowest BCUT2D eigenvalue weighted by Gasteiger charge is -2.38. The minimum absolute atomic E-state index is 0.0121. The van der Waals surface area contributed by atoms with Gasteiger partial charge in [0.1, 0.15) is 11.9 Å². The van der Waals surface area contributed by atoms with E-state index in [-0.39, 0.29) is 11.5 Å². The SMILES string of the molecule is CN1C2=CC(c3c4ccccc4c(-c4ccc5c(c4)-c4ccccc4C5(C)C)c4cc(-c5cccc6ccccc56)ccc34)=CCC2Oc2ccccc21. The normalized spacial score (nSPS) is 16.6. The van der Waals surface area contributed by atoms with Gasteiger partial charge < -0.3 is 9.64 Å². The minimum atomic E-state index is -0.0463. The second kappa shape index (κ2) is 11.6. The molecule has 258 valence electrons. The quantitative estimate of drug-likeness (QED) is 0.171. The van der Waals surface area contributed by atoms with Crippen molar-refractivity contribution in [3.8, 4) is 39.1 Å². The standard InChI is InChI=1S/C52H39NO/c1-52(2)44-20-9-8-16-38(44)42-30-34(24-27-45(42)52)51-40-18-7-6-17-39(40)50(35-25-28-49-47(31-35)53(3)46-21-10-11-22-48(46)54-49)41-26-23-33(29-43(41)51)37-19-12-14-32-13-4-5-15-36(32)37/h4-27,29-31,49H,28H2,1-3H3.